The summed E-state index contributed by atoms with van der Waals surface area (Å²) in [5, 5.41) is 3.77. The van der Waals surface area contributed by atoms with Gasteiger partial charge in [0.25, 0.3) is 0 Å². The van der Waals surface area contributed by atoms with Crippen LogP contribution in [0.3, 0.4) is 0 Å². The van der Waals surface area contributed by atoms with Gasteiger partial charge in [0, 0.05) is 35.8 Å². The Kier molecular flexibility index (Phi) is 4.01. The maximum atomic E-state index is 13.3. The van der Waals surface area contributed by atoms with E-state index in [0.717, 1.165) is 44.9 Å². The third-order valence-electron chi connectivity index (χ3n) is 4.32. The molecule has 0 saturated carbocycles. The number of H-pyrrole nitrogens is 1. The van der Waals surface area contributed by atoms with Gasteiger partial charge in [0.05, 0.1) is 24.5 Å². The summed E-state index contributed by atoms with van der Waals surface area (Å²) in [5.41, 5.74) is 4.52. The SMILES string of the molecule is CNc1ccc(-c2ccc(-c3cc4cc(F)ncc4[nH]3)c(OC)c2)cn1. The van der Waals surface area contributed by atoms with E-state index in [9.17, 15) is 4.39 Å². The van der Waals surface area contributed by atoms with Crippen LogP contribution in [0.5, 0.6) is 5.75 Å². The van der Waals surface area contributed by atoms with Gasteiger partial charge in [-0.3, -0.25) is 0 Å². The Morgan fingerprint density at radius 2 is 1.85 bits per heavy atom. The number of anilines is 1. The Balaban J connectivity index is 1.76. The average molecular weight is 348 g/mol. The molecule has 0 spiro atoms. The Morgan fingerprint density at radius 1 is 1.00 bits per heavy atom. The van der Waals surface area contributed by atoms with Crippen LogP contribution >= 0.6 is 0 Å². The van der Waals surface area contributed by atoms with Crippen molar-refractivity contribution >= 4 is 16.7 Å². The number of methoxy groups -OCH3 is 1. The molecule has 1 aromatic carbocycles. The van der Waals surface area contributed by atoms with E-state index in [-0.39, 0.29) is 0 Å². The number of aromatic nitrogens is 3. The van der Waals surface area contributed by atoms with Gasteiger partial charge < -0.3 is 15.0 Å². The molecular formula is C20H17FN4O. The highest BCUT2D eigenvalue weighted by Crippen LogP contribution is 2.35. The zero-order valence-corrected chi connectivity index (χ0v) is 14.4. The minimum Gasteiger partial charge on any atom is -0.496 e. The maximum Gasteiger partial charge on any atom is 0.213 e. The summed E-state index contributed by atoms with van der Waals surface area (Å²) in [7, 11) is 3.47. The van der Waals surface area contributed by atoms with Crippen molar-refractivity contribution in [1.29, 1.82) is 0 Å². The van der Waals surface area contributed by atoms with E-state index in [1.165, 1.54) is 12.3 Å². The lowest BCUT2D eigenvalue weighted by Gasteiger charge is -2.10. The summed E-state index contributed by atoms with van der Waals surface area (Å²) in [6.07, 6.45) is 3.31. The third-order valence-corrected chi connectivity index (χ3v) is 4.32. The summed E-state index contributed by atoms with van der Waals surface area (Å²) < 4.78 is 18.9. The van der Waals surface area contributed by atoms with Crippen LogP contribution in [0, 0.1) is 5.95 Å². The molecule has 6 heteroatoms. The molecule has 0 atom stereocenters. The van der Waals surface area contributed by atoms with Gasteiger partial charge in [-0.15, -0.1) is 0 Å². The second kappa shape index (κ2) is 6.48. The van der Waals surface area contributed by atoms with Crippen LogP contribution in [0.1, 0.15) is 0 Å². The average Bonchev–Trinajstić information content (AvgIpc) is 3.10. The van der Waals surface area contributed by atoms with Crippen LogP contribution in [0.4, 0.5) is 10.2 Å². The van der Waals surface area contributed by atoms with Crippen molar-refractivity contribution in [2.75, 3.05) is 19.5 Å². The summed E-state index contributed by atoms with van der Waals surface area (Å²) >= 11 is 0. The molecule has 5 nitrogen and oxygen atoms in total. The maximum absolute atomic E-state index is 13.3. The normalized spacial score (nSPS) is 10.9. The van der Waals surface area contributed by atoms with Crippen LogP contribution < -0.4 is 10.1 Å². The Hall–Kier alpha value is -3.41. The third kappa shape index (κ3) is 2.86. The van der Waals surface area contributed by atoms with Crippen LogP contribution in [0.15, 0.2) is 54.9 Å². The number of halogens is 1. The summed E-state index contributed by atoms with van der Waals surface area (Å²) in [6, 6.07) is 13.2. The number of aromatic amines is 1. The molecule has 26 heavy (non-hydrogen) atoms. The van der Waals surface area contributed by atoms with Gasteiger partial charge in [0.15, 0.2) is 0 Å². The predicted molar refractivity (Wildman–Crippen MR) is 101 cm³/mol. The minimum absolute atomic E-state index is 0.497. The monoisotopic (exact) mass is 348 g/mol. The fourth-order valence-electron chi connectivity index (χ4n) is 2.96. The van der Waals surface area contributed by atoms with Crippen LogP contribution in [0.2, 0.25) is 0 Å². The van der Waals surface area contributed by atoms with Crippen molar-refractivity contribution in [2.24, 2.45) is 0 Å². The van der Waals surface area contributed by atoms with E-state index in [4.69, 9.17) is 4.74 Å². The number of nitrogens with one attached hydrogen (secondary N) is 2. The molecule has 0 unspecified atom stereocenters. The molecule has 0 amide bonds. The number of nitrogens with zero attached hydrogens (tertiary/aromatic N) is 2. The van der Waals surface area contributed by atoms with Crippen molar-refractivity contribution < 1.29 is 9.13 Å². The molecule has 3 aromatic heterocycles. The van der Waals surface area contributed by atoms with E-state index in [1.54, 1.807) is 7.11 Å². The fraction of sp³-hybridized carbons (Fsp3) is 0.100. The van der Waals surface area contributed by atoms with Gasteiger partial charge in [0.2, 0.25) is 5.95 Å². The van der Waals surface area contributed by atoms with Gasteiger partial charge in [-0.05, 0) is 35.9 Å². The van der Waals surface area contributed by atoms with Gasteiger partial charge in [-0.25, -0.2) is 9.97 Å². The lowest BCUT2D eigenvalue weighted by molar-refractivity contribution is 0.416. The highest BCUT2D eigenvalue weighted by Gasteiger charge is 2.12. The highest BCUT2D eigenvalue weighted by atomic mass is 19.1. The molecule has 4 rings (SSSR count). The number of fused-ring (bicyclic) bond motifs is 1. The van der Waals surface area contributed by atoms with Crippen molar-refractivity contribution in [3.63, 3.8) is 0 Å². The first-order valence-electron chi connectivity index (χ1n) is 8.15. The number of benzene rings is 1. The van der Waals surface area contributed by atoms with Crippen LogP contribution in [0.25, 0.3) is 33.3 Å². The van der Waals surface area contributed by atoms with Gasteiger partial charge >= 0.3 is 0 Å². The Bertz CT molecular complexity index is 1070. The molecule has 0 radical (unpaired) electrons. The first-order valence-corrected chi connectivity index (χ1v) is 8.15. The molecule has 2 N–H and O–H groups in total. The minimum atomic E-state index is -0.497. The van der Waals surface area contributed by atoms with E-state index >= 15 is 0 Å². The Morgan fingerprint density at radius 3 is 2.58 bits per heavy atom. The number of rotatable bonds is 4. The first-order chi connectivity index (χ1) is 12.7. The summed E-state index contributed by atoms with van der Waals surface area (Å²) in [4.78, 5) is 11.3. The summed E-state index contributed by atoms with van der Waals surface area (Å²) in [5.74, 6) is 1.04. The number of ether oxygens (including phenoxy) is 1. The van der Waals surface area contributed by atoms with Gasteiger partial charge in [0.1, 0.15) is 11.6 Å². The molecule has 0 aliphatic rings. The molecule has 0 fully saturated rings. The standard InChI is InChI=1S/C20H17FN4O/c1-22-20-6-4-13(10-24-20)12-3-5-15(18(8-12)26-2)16-7-14-9-19(21)23-11-17(14)25-16/h3-11,25H,1-2H3,(H,22,24). The number of hydrogen-bond acceptors (Lipinski definition) is 4. The van der Waals surface area contributed by atoms with Crippen LogP contribution in [-0.4, -0.2) is 29.1 Å². The van der Waals surface area contributed by atoms with E-state index in [0.29, 0.717) is 0 Å². The zero-order valence-electron chi connectivity index (χ0n) is 14.4. The zero-order chi connectivity index (χ0) is 18.1. The van der Waals surface area contributed by atoms with Crippen molar-refractivity contribution in [3.8, 4) is 28.1 Å². The molecule has 0 aliphatic carbocycles. The number of hydrogen-bond donors (Lipinski definition) is 2. The number of pyridine rings is 2. The lowest BCUT2D eigenvalue weighted by Crippen LogP contribution is -1.92. The van der Waals surface area contributed by atoms with Gasteiger partial charge in [-0.2, -0.15) is 4.39 Å². The molecule has 0 saturated heterocycles. The van der Waals surface area contributed by atoms with E-state index < -0.39 is 5.95 Å². The fourth-order valence-corrected chi connectivity index (χ4v) is 2.96. The molecule has 4 aromatic rings. The predicted octanol–water partition coefficient (Wildman–Crippen LogP) is 4.48. The topological polar surface area (TPSA) is 62.8 Å². The van der Waals surface area contributed by atoms with Crippen LogP contribution in [-0.2, 0) is 0 Å². The van der Waals surface area contributed by atoms with E-state index in [1.807, 2.05) is 49.6 Å². The lowest BCUT2D eigenvalue weighted by atomic mass is 10.0. The molecule has 130 valence electrons. The first kappa shape index (κ1) is 16.1. The molecular weight excluding hydrogens is 331 g/mol. The molecule has 0 aliphatic heterocycles. The molecule has 3 heterocycles. The van der Waals surface area contributed by atoms with E-state index in [2.05, 4.69) is 20.3 Å². The smallest absolute Gasteiger partial charge is 0.213 e. The Labute approximate surface area is 149 Å². The van der Waals surface area contributed by atoms with Crippen molar-refractivity contribution in [2.45, 2.75) is 0 Å². The second-order valence-corrected chi connectivity index (χ2v) is 5.87. The van der Waals surface area contributed by atoms with Crippen molar-refractivity contribution in [1.82, 2.24) is 15.0 Å². The summed E-state index contributed by atoms with van der Waals surface area (Å²) in [6.45, 7) is 0. The molecule has 0 bridgehead atoms. The van der Waals surface area contributed by atoms with Crippen molar-refractivity contribution in [3.05, 3.63) is 60.8 Å². The van der Waals surface area contributed by atoms with Gasteiger partial charge in [-0.1, -0.05) is 6.07 Å². The quantitative estimate of drug-likeness (QED) is 0.534. The highest BCUT2D eigenvalue weighted by molar-refractivity contribution is 5.87. The second-order valence-electron chi connectivity index (χ2n) is 5.87. The largest absolute Gasteiger partial charge is 0.496 e.